The van der Waals surface area contributed by atoms with Crippen molar-refractivity contribution in [3.8, 4) is 34.9 Å². The molecule has 3 saturated heterocycles. The number of methoxy groups -OCH3 is 3. The summed E-state index contributed by atoms with van der Waals surface area (Å²) in [5.41, 5.74) is 1.28. The molecule has 3 aromatic heterocycles. The van der Waals surface area contributed by atoms with E-state index in [4.69, 9.17) is 57.6 Å². The van der Waals surface area contributed by atoms with Gasteiger partial charge in [0.15, 0.2) is 18.3 Å². The maximum Gasteiger partial charge on any atom is 0.307 e. The van der Waals surface area contributed by atoms with Crippen LogP contribution in [0, 0.1) is 63.6 Å². The van der Waals surface area contributed by atoms with E-state index in [1.165, 1.54) is 40.2 Å². The van der Waals surface area contributed by atoms with Gasteiger partial charge in [0.05, 0.1) is 111 Å². The number of benzene rings is 3. The van der Waals surface area contributed by atoms with Crippen molar-refractivity contribution in [2.24, 2.45) is 63.6 Å². The van der Waals surface area contributed by atoms with Crippen LogP contribution in [0.25, 0.3) is 33.1 Å². The van der Waals surface area contributed by atoms with Crippen LogP contribution in [-0.4, -0.2) is 212 Å². The van der Waals surface area contributed by atoms with Crippen molar-refractivity contribution in [2.75, 3.05) is 41.0 Å². The van der Waals surface area contributed by atoms with E-state index in [-0.39, 0.29) is 123 Å². The van der Waals surface area contributed by atoms with Crippen LogP contribution in [0.1, 0.15) is 240 Å². The van der Waals surface area contributed by atoms with Crippen LogP contribution in [0.3, 0.4) is 0 Å². The van der Waals surface area contributed by atoms with Crippen molar-refractivity contribution in [3.05, 3.63) is 71.7 Å². The Morgan fingerprint density at radius 2 is 0.748 bits per heavy atom. The summed E-state index contributed by atoms with van der Waals surface area (Å²) in [6, 6.07) is 8.94. The molecule has 135 heavy (non-hydrogen) atoms. The van der Waals surface area contributed by atoms with E-state index in [2.05, 4.69) is 15.0 Å². The fraction of sp³-hybridized carbons (Fsp3) is 0.667. The smallest absolute Gasteiger partial charge is 0.307 e. The number of hydrogen-bond acceptors (Lipinski definition) is 24. The Labute approximate surface area is 820 Å². The van der Waals surface area contributed by atoms with Gasteiger partial charge in [-0.25, -0.2) is 75.1 Å². The standard InChI is InChI=1S/C34H42F2N3O6.C33H42F2N3O6.C32H40F2N3O6.3V/c1-33(2,3)23-16-29(41)45-30-20-11-10-19(14-20)22(30)8-6-5-7-9-25-31(38-26-15-21(43-4)12-13-24(26)37-25)44-28-17-39(32(23)42)27(18-40)34(28,35)36;1-31(2,3)22-17-28(40)44-32(4)15-9-11-20(32)10-7-6-8-12-24-29(37-25-16-21(42-5)13-14-23(25)36-24)43-27-18-38(30(22)41)26(19-39)33(27,34)35;1-31(2,3)21-16-28(39)42-25-12-8-10-19(25)9-6-5-7-11-23-29(36-24-15-20(41-4)13-14-22(24)35-23)43-27-17-37(30(21)40)26(18-38)32(27,33)34;;;/h12-13,15,19-20,22-23,27-28,30H,5-11,14,16-17H2,1-4H3;13-14,16,20,22,26-27H,6-12,15,17-18H2,1-5H3;13-15,19,21,25-27H,5-12,16-17H2,1-4H3;;;/q3*-1;;;/t19-,20+,22-,23-,27-,28+,30-;20-,22-,26-,27+,32-;19-,21-,25-,26-,27+;;;/m111.../s1. The molecule has 733 valence electrons. The van der Waals surface area contributed by atoms with Crippen LogP contribution in [-0.2, 0) is 132 Å². The van der Waals surface area contributed by atoms with Crippen LogP contribution < -0.4 is 28.4 Å². The molecule has 10 aliphatic rings. The Bertz CT molecular complexity index is 5260. The first-order chi connectivity index (χ1) is 62.6. The summed E-state index contributed by atoms with van der Waals surface area (Å²) in [6.07, 6.45) is 17.5. The van der Waals surface area contributed by atoms with E-state index in [0.717, 1.165) is 150 Å². The van der Waals surface area contributed by atoms with Gasteiger partial charge in [0.25, 0.3) is 17.8 Å². The van der Waals surface area contributed by atoms with Crippen molar-refractivity contribution in [2.45, 2.75) is 315 Å². The zero-order valence-electron chi connectivity index (χ0n) is 79.1. The number of ether oxygens (including phenoxy) is 9. The number of halogens is 6. The summed E-state index contributed by atoms with van der Waals surface area (Å²) < 4.78 is 147. The first-order valence-electron chi connectivity index (χ1n) is 46.9. The van der Waals surface area contributed by atoms with E-state index < -0.39 is 149 Å². The Kier molecular flexibility index (Phi) is 34.9. The van der Waals surface area contributed by atoms with Crippen LogP contribution in [0.4, 0.5) is 26.3 Å². The number of nitrogens with zero attached hydrogens (tertiary/aromatic N) is 9. The van der Waals surface area contributed by atoms with E-state index in [1.54, 1.807) is 117 Å². The minimum atomic E-state index is -3.77. The third-order valence-corrected chi connectivity index (χ3v) is 29.2. The molecule has 3 amide bonds. The third-order valence-electron chi connectivity index (χ3n) is 29.2. The number of hydrogen-bond donors (Lipinski definition) is 0. The zero-order chi connectivity index (χ0) is 94.9. The molecule has 3 aromatic carbocycles. The molecule has 0 unspecified atom stereocenters. The van der Waals surface area contributed by atoms with Gasteiger partial charge in [-0.1, -0.05) is 101 Å². The maximum absolute atomic E-state index is 15.9. The van der Waals surface area contributed by atoms with Crippen LogP contribution in [0.5, 0.6) is 34.9 Å². The number of alkyl halides is 6. The summed E-state index contributed by atoms with van der Waals surface area (Å²) in [4.78, 5) is 148. The molecular weight excluding hydrogens is 1870 g/mol. The van der Waals surface area contributed by atoms with Gasteiger partial charge in [0.1, 0.15) is 52.1 Å². The summed E-state index contributed by atoms with van der Waals surface area (Å²) in [5, 5.41) is 0. The number of amides is 3. The Morgan fingerprint density at radius 3 is 1.13 bits per heavy atom. The molecule has 9 heterocycles. The van der Waals surface area contributed by atoms with Crippen molar-refractivity contribution in [1.29, 1.82) is 0 Å². The van der Waals surface area contributed by atoms with E-state index >= 15 is 26.3 Å². The predicted octanol–water partition coefficient (Wildman–Crippen LogP) is 16.3. The molecule has 8 bridgehead atoms. The van der Waals surface area contributed by atoms with Crippen molar-refractivity contribution in [3.63, 3.8) is 0 Å². The quantitative estimate of drug-likeness (QED) is 0.0647. The van der Waals surface area contributed by atoms with Gasteiger partial charge in [0, 0.05) is 92.0 Å². The number of aryl methyl sites for hydroxylation is 3. The molecule has 17 atom stereocenters. The number of carbonyl (C=O) groups is 6. The number of fused-ring (bicyclic) bond motifs is 19. The van der Waals surface area contributed by atoms with E-state index in [0.29, 0.717) is 98.5 Å². The average molecular weight is 1990 g/mol. The third kappa shape index (κ3) is 23.5. The Balaban J connectivity index is 0.000000193. The van der Waals surface area contributed by atoms with Gasteiger partial charge in [-0.2, -0.15) is 0 Å². The fourth-order valence-electron chi connectivity index (χ4n) is 21.4. The van der Waals surface area contributed by atoms with Crippen molar-refractivity contribution < 1.29 is 168 Å². The van der Waals surface area contributed by atoms with Crippen molar-refractivity contribution in [1.82, 2.24) is 44.6 Å². The number of esters is 3. The van der Waals surface area contributed by atoms with Crippen LogP contribution >= 0.6 is 0 Å². The van der Waals surface area contributed by atoms with Crippen LogP contribution in [0.15, 0.2) is 54.6 Å². The Morgan fingerprint density at radius 1 is 0.393 bits per heavy atom. The molecule has 0 N–H and O–H groups in total. The fourth-order valence-corrected chi connectivity index (χ4v) is 21.4. The molecule has 6 aromatic rings. The first kappa shape index (κ1) is 107. The SMILES string of the molecule is COc1ccc2nc3c(nc2c1)O[C@H]1CN(C(=O)[C@H](C(C)(C)C)CC(=O)O[C@@H]2CCC[C@H]2CCCCC3)[C@H]([C-]=O)C1(F)F.COc1ccc2nc3c(nc2c1)O[C@H]1CN(C(=O)[C@H](C(C)(C)C)CC(=O)O[C@@H]2[C@H]4CC[C@H](C4)[C@H]2CCCCC3)[C@H]([C-]=O)C1(F)F.COc1ccc2nc3c(nc2c1)O[C@H]1CN(C(=O)[C@H](C(C)(C)C)CC(=O)O[C@]2(C)CCC[C@H]2CCCCC3)[C@H]([C-]=O)C1(F)F.[V].[V].[V]. The topological polar surface area (TPSA) is 324 Å². The second-order valence-corrected chi connectivity index (χ2v) is 41.1. The van der Waals surface area contributed by atoms with Gasteiger partial charge in [-0.15, -0.1) is 0 Å². The monoisotopic (exact) mass is 1990 g/mol. The minimum absolute atomic E-state index is 0. The maximum atomic E-state index is 15.9. The molecule has 3 radical (unpaired) electrons. The summed E-state index contributed by atoms with van der Waals surface area (Å²) in [7, 11) is 4.54. The molecule has 4 saturated carbocycles. The van der Waals surface area contributed by atoms with Gasteiger partial charge in [-0.05, 0) is 205 Å². The van der Waals surface area contributed by atoms with Gasteiger partial charge >= 0.3 is 17.9 Å². The number of carbonyl (C=O) groups excluding carboxylic acids is 9. The molecule has 36 heteroatoms. The molecule has 27 nitrogen and oxygen atoms in total. The molecule has 7 fully saturated rings. The van der Waals surface area contributed by atoms with E-state index in [1.807, 2.05) is 6.92 Å². The molecule has 4 aliphatic carbocycles. The Hall–Kier alpha value is -8.36. The minimum Gasteiger partial charge on any atom is -0.540 e. The van der Waals surface area contributed by atoms with Gasteiger partial charge in [0.2, 0.25) is 35.4 Å². The van der Waals surface area contributed by atoms with Crippen molar-refractivity contribution >= 4 is 87.6 Å². The predicted molar refractivity (Wildman–Crippen MR) is 472 cm³/mol. The van der Waals surface area contributed by atoms with Gasteiger partial charge < -0.3 is 71.7 Å². The molecule has 16 rings (SSSR count). The second-order valence-electron chi connectivity index (χ2n) is 41.1. The van der Waals surface area contributed by atoms with Crippen LogP contribution in [0.2, 0.25) is 0 Å². The second kappa shape index (κ2) is 44.0. The molecule has 6 aliphatic heterocycles. The van der Waals surface area contributed by atoms with Gasteiger partial charge in [-0.3, -0.25) is 28.8 Å². The largest absolute Gasteiger partial charge is 0.540 e. The van der Waals surface area contributed by atoms with E-state index in [9.17, 15) is 43.2 Å². The summed E-state index contributed by atoms with van der Waals surface area (Å²) in [5.74, 6) is -15.1. The normalized spacial score (nSPS) is 29.7. The average Bonchev–Trinajstić information content (AvgIpc) is 1.61. The number of rotatable bonds is 6. The number of aromatic nitrogens is 6. The summed E-state index contributed by atoms with van der Waals surface area (Å²) in [6.45, 7) is 16.2. The molecular formula is C99H124F6N9O18V3-3. The summed E-state index contributed by atoms with van der Waals surface area (Å²) >= 11 is 0. The first-order valence-corrected chi connectivity index (χ1v) is 46.9. The zero-order valence-corrected chi connectivity index (χ0v) is 83.3. The molecule has 0 spiro atoms.